The highest BCUT2D eigenvalue weighted by molar-refractivity contribution is 6.04. The lowest BCUT2D eigenvalue weighted by Crippen LogP contribution is -2.27. The Labute approximate surface area is 175 Å². The number of hydrogen-bond donors (Lipinski definition) is 0. The van der Waals surface area contributed by atoms with Crippen molar-refractivity contribution < 1.29 is 14.3 Å². The van der Waals surface area contributed by atoms with Crippen molar-refractivity contribution in [1.82, 2.24) is 14.3 Å². The minimum atomic E-state index is -0.720. The van der Waals surface area contributed by atoms with Gasteiger partial charge in [0.2, 0.25) is 5.78 Å². The van der Waals surface area contributed by atoms with Crippen molar-refractivity contribution in [3.8, 4) is 0 Å². The molecule has 2 aromatic heterocycles. The van der Waals surface area contributed by atoms with E-state index in [9.17, 15) is 14.4 Å². The maximum atomic E-state index is 12.8. The van der Waals surface area contributed by atoms with Gasteiger partial charge in [-0.3, -0.25) is 9.59 Å². The van der Waals surface area contributed by atoms with Crippen molar-refractivity contribution >= 4 is 22.5 Å². The summed E-state index contributed by atoms with van der Waals surface area (Å²) in [4.78, 5) is 38.0. The molecule has 158 valence electrons. The summed E-state index contributed by atoms with van der Waals surface area (Å²) in [5.74, 6) is -0.989. The van der Waals surface area contributed by atoms with Crippen LogP contribution in [0.25, 0.3) is 10.8 Å². The van der Waals surface area contributed by atoms with E-state index < -0.39 is 5.97 Å². The number of fused-ring (bicyclic) bond motifs is 1. The molecule has 0 atom stereocenters. The molecule has 0 amide bonds. The maximum Gasteiger partial charge on any atom is 0.359 e. The van der Waals surface area contributed by atoms with Crippen molar-refractivity contribution in [2.45, 2.75) is 53.6 Å². The third-order valence-corrected chi connectivity index (χ3v) is 5.13. The zero-order chi connectivity index (χ0) is 22.0. The third-order valence-electron chi connectivity index (χ3n) is 5.13. The zero-order valence-electron chi connectivity index (χ0n) is 18.1. The number of ether oxygens (including phenoxy) is 1. The second-order valence-corrected chi connectivity index (χ2v) is 7.67. The summed E-state index contributed by atoms with van der Waals surface area (Å²) >= 11 is 0. The Bertz CT molecular complexity index is 1170. The van der Waals surface area contributed by atoms with Gasteiger partial charge in [0.15, 0.2) is 12.3 Å². The molecule has 0 bridgehead atoms. The molecule has 3 aromatic rings. The highest BCUT2D eigenvalue weighted by Gasteiger charge is 2.21. The van der Waals surface area contributed by atoms with Gasteiger partial charge in [0.05, 0.1) is 5.39 Å². The fourth-order valence-electron chi connectivity index (χ4n) is 3.88. The zero-order valence-corrected chi connectivity index (χ0v) is 18.1. The van der Waals surface area contributed by atoms with Gasteiger partial charge in [-0.05, 0) is 46.2 Å². The SMILES string of the molecule is CCCn1nc(C(=O)OCC(=O)c2cc(C)n(C(C)C)c2C)c2ccccc2c1=O. The van der Waals surface area contributed by atoms with Gasteiger partial charge in [0.1, 0.15) is 0 Å². The second-order valence-electron chi connectivity index (χ2n) is 7.67. The van der Waals surface area contributed by atoms with E-state index in [1.807, 2.05) is 26.8 Å². The van der Waals surface area contributed by atoms with Crippen LogP contribution in [0.4, 0.5) is 0 Å². The Hall–Kier alpha value is -3.22. The Morgan fingerprint density at radius 3 is 2.40 bits per heavy atom. The summed E-state index contributed by atoms with van der Waals surface area (Å²) in [6, 6.07) is 8.84. The number of nitrogens with zero attached hydrogens (tertiary/aromatic N) is 3. The van der Waals surface area contributed by atoms with Crippen LogP contribution in [0.5, 0.6) is 0 Å². The van der Waals surface area contributed by atoms with E-state index in [2.05, 4.69) is 23.5 Å². The van der Waals surface area contributed by atoms with Gasteiger partial charge in [-0.2, -0.15) is 5.10 Å². The van der Waals surface area contributed by atoms with Crippen molar-refractivity contribution in [3.63, 3.8) is 0 Å². The third kappa shape index (κ3) is 3.92. The van der Waals surface area contributed by atoms with E-state index in [1.165, 1.54) is 4.68 Å². The molecule has 2 heterocycles. The Kier molecular flexibility index (Phi) is 6.20. The lowest BCUT2D eigenvalue weighted by molar-refractivity contribution is 0.0468. The molecule has 0 aliphatic heterocycles. The first-order chi connectivity index (χ1) is 14.3. The quantitative estimate of drug-likeness (QED) is 0.437. The van der Waals surface area contributed by atoms with Crippen LogP contribution in [-0.4, -0.2) is 32.7 Å². The van der Waals surface area contributed by atoms with E-state index in [0.717, 1.165) is 11.4 Å². The van der Waals surface area contributed by atoms with Gasteiger partial charge >= 0.3 is 5.97 Å². The summed E-state index contributed by atoms with van der Waals surface area (Å²) in [5.41, 5.74) is 2.17. The van der Waals surface area contributed by atoms with Crippen molar-refractivity contribution in [1.29, 1.82) is 0 Å². The average molecular weight is 409 g/mol. The molecule has 0 saturated carbocycles. The average Bonchev–Trinajstić information content (AvgIpc) is 3.02. The normalized spacial score (nSPS) is 11.3. The van der Waals surface area contributed by atoms with Gasteiger partial charge < -0.3 is 9.30 Å². The van der Waals surface area contributed by atoms with Gasteiger partial charge in [0.25, 0.3) is 5.56 Å². The second kappa shape index (κ2) is 8.65. The first kappa shape index (κ1) is 21.5. The van der Waals surface area contributed by atoms with Crippen LogP contribution in [0.15, 0.2) is 35.1 Å². The van der Waals surface area contributed by atoms with E-state index in [-0.39, 0.29) is 29.7 Å². The first-order valence-electron chi connectivity index (χ1n) is 10.1. The molecule has 3 rings (SSSR count). The monoisotopic (exact) mass is 409 g/mol. The maximum absolute atomic E-state index is 12.8. The van der Waals surface area contributed by atoms with E-state index in [1.54, 1.807) is 24.3 Å². The molecule has 0 N–H and O–H groups in total. The minimum absolute atomic E-state index is 0.0408. The lowest BCUT2D eigenvalue weighted by atomic mass is 10.1. The highest BCUT2D eigenvalue weighted by Crippen LogP contribution is 2.21. The van der Waals surface area contributed by atoms with Crippen molar-refractivity contribution in [3.05, 3.63) is 63.3 Å². The fraction of sp³-hybridized carbons (Fsp3) is 0.391. The summed E-state index contributed by atoms with van der Waals surface area (Å²) in [7, 11) is 0. The molecular weight excluding hydrogens is 382 g/mol. The number of benzene rings is 1. The number of rotatable bonds is 7. The number of Topliss-reactive ketones (excluding diaryl/α,β-unsaturated/α-hetero) is 1. The number of esters is 1. The van der Waals surface area contributed by atoms with E-state index in [4.69, 9.17) is 4.74 Å². The number of ketones is 1. The summed E-state index contributed by atoms with van der Waals surface area (Å²) in [6.07, 6.45) is 0.698. The number of hydrogen-bond acceptors (Lipinski definition) is 5. The predicted octanol–water partition coefficient (Wildman–Crippen LogP) is 3.85. The van der Waals surface area contributed by atoms with Gasteiger partial charge in [-0.25, -0.2) is 9.48 Å². The molecule has 7 heteroatoms. The van der Waals surface area contributed by atoms with Gasteiger partial charge in [-0.15, -0.1) is 0 Å². The molecule has 1 aromatic carbocycles. The standard InChI is InChI=1S/C23H27N3O4/c1-6-11-25-22(28)18-10-8-7-9-17(18)21(24-25)23(29)30-13-20(27)19-12-15(4)26(14(2)3)16(19)5/h7-10,12,14H,6,11,13H2,1-5H3. The number of aromatic nitrogens is 3. The number of carbonyl (C=O) groups excluding carboxylic acids is 2. The van der Waals surface area contributed by atoms with Crippen molar-refractivity contribution in [2.24, 2.45) is 0 Å². The van der Waals surface area contributed by atoms with Crippen LogP contribution < -0.4 is 5.56 Å². The lowest BCUT2D eigenvalue weighted by Gasteiger charge is -2.13. The van der Waals surface area contributed by atoms with Crippen LogP contribution >= 0.6 is 0 Å². The molecule has 0 saturated heterocycles. The molecule has 0 radical (unpaired) electrons. The van der Waals surface area contributed by atoms with Crippen LogP contribution in [0.3, 0.4) is 0 Å². The predicted molar refractivity (Wildman–Crippen MR) is 115 cm³/mol. The van der Waals surface area contributed by atoms with E-state index >= 15 is 0 Å². The Balaban J connectivity index is 1.88. The molecule has 30 heavy (non-hydrogen) atoms. The molecule has 0 aliphatic carbocycles. The van der Waals surface area contributed by atoms with Crippen LogP contribution in [0, 0.1) is 13.8 Å². The van der Waals surface area contributed by atoms with Crippen LogP contribution in [0.2, 0.25) is 0 Å². The number of carbonyl (C=O) groups is 2. The minimum Gasteiger partial charge on any atom is -0.452 e. The van der Waals surface area contributed by atoms with Gasteiger partial charge in [0, 0.05) is 34.9 Å². The largest absolute Gasteiger partial charge is 0.452 e. The smallest absolute Gasteiger partial charge is 0.359 e. The first-order valence-corrected chi connectivity index (χ1v) is 10.1. The molecule has 7 nitrogen and oxygen atoms in total. The van der Waals surface area contributed by atoms with Crippen LogP contribution in [-0.2, 0) is 11.3 Å². The highest BCUT2D eigenvalue weighted by atomic mass is 16.5. The Morgan fingerprint density at radius 1 is 1.13 bits per heavy atom. The van der Waals surface area contributed by atoms with Crippen molar-refractivity contribution in [2.75, 3.05) is 6.61 Å². The summed E-state index contributed by atoms with van der Waals surface area (Å²) in [6.45, 7) is 9.87. The number of aryl methyl sites for hydroxylation is 2. The van der Waals surface area contributed by atoms with Crippen LogP contribution in [0.1, 0.15) is 65.5 Å². The van der Waals surface area contributed by atoms with Gasteiger partial charge in [-0.1, -0.05) is 25.1 Å². The molecule has 0 aliphatic rings. The summed E-state index contributed by atoms with van der Waals surface area (Å²) < 4.78 is 8.66. The molecule has 0 unspecified atom stereocenters. The van der Waals surface area contributed by atoms with E-state index in [0.29, 0.717) is 29.3 Å². The fourth-order valence-corrected chi connectivity index (χ4v) is 3.88. The topological polar surface area (TPSA) is 83.2 Å². The molecular formula is C23H27N3O4. The summed E-state index contributed by atoms with van der Waals surface area (Å²) in [5, 5.41) is 5.04. The Morgan fingerprint density at radius 2 is 1.80 bits per heavy atom. The molecule has 0 spiro atoms. The molecule has 0 fully saturated rings.